The van der Waals surface area contributed by atoms with Gasteiger partial charge in [0.1, 0.15) is 0 Å². The smallest absolute Gasteiger partial charge is 0.310 e. The van der Waals surface area contributed by atoms with Crippen LogP contribution in [0.1, 0.15) is 86.5 Å². The Morgan fingerprint density at radius 3 is 2.28 bits per heavy atom. The molecule has 0 bridgehead atoms. The van der Waals surface area contributed by atoms with E-state index in [2.05, 4.69) is 40.7 Å². The van der Waals surface area contributed by atoms with Crippen LogP contribution in [-0.2, 0) is 4.79 Å². The average molecular weight is 505 g/mol. The van der Waals surface area contributed by atoms with Gasteiger partial charge in [-0.15, -0.1) is 0 Å². The first-order chi connectivity index (χ1) is 16.6. The van der Waals surface area contributed by atoms with Crippen molar-refractivity contribution in [2.24, 2.45) is 56.7 Å². The summed E-state index contributed by atoms with van der Waals surface area (Å²) in [6.07, 6.45) is 4.44. The van der Waals surface area contributed by atoms with Crippen LogP contribution >= 0.6 is 0 Å². The van der Waals surface area contributed by atoms with E-state index in [0.717, 1.165) is 25.7 Å². The Labute approximate surface area is 216 Å². The van der Waals surface area contributed by atoms with Gasteiger partial charge < -0.3 is 25.5 Å². The largest absolute Gasteiger partial charge is 0.481 e. The fourth-order valence-corrected chi connectivity index (χ4v) is 11.2. The number of aliphatic carboxylic acids is 1. The van der Waals surface area contributed by atoms with E-state index in [1.165, 1.54) is 5.57 Å². The number of aliphatic hydroxyl groups excluding tert-OH is 4. The Kier molecular flexibility index (Phi) is 5.95. The Bertz CT molecular complexity index is 963. The summed E-state index contributed by atoms with van der Waals surface area (Å²) >= 11 is 0. The minimum atomic E-state index is -1.08. The molecule has 5 N–H and O–H groups in total. The third-order valence-corrected chi connectivity index (χ3v) is 13.4. The van der Waals surface area contributed by atoms with Gasteiger partial charge in [0.05, 0.1) is 30.3 Å². The minimum Gasteiger partial charge on any atom is -0.481 e. The molecule has 6 heteroatoms. The molecule has 0 radical (unpaired) electrons. The first-order valence-electron chi connectivity index (χ1n) is 14.2. The van der Waals surface area contributed by atoms with Crippen molar-refractivity contribution in [3.05, 3.63) is 11.6 Å². The maximum absolute atomic E-state index is 12.8. The molecule has 36 heavy (non-hydrogen) atoms. The zero-order chi connectivity index (χ0) is 26.6. The third-order valence-electron chi connectivity index (χ3n) is 13.4. The van der Waals surface area contributed by atoms with Crippen LogP contribution in [0, 0.1) is 56.7 Å². The highest BCUT2D eigenvalue weighted by molar-refractivity contribution is 5.76. The normalized spacial score (nSPS) is 58.6. The number of fused-ring (bicyclic) bond motifs is 7. The van der Waals surface area contributed by atoms with Crippen LogP contribution in [-0.4, -0.2) is 56.4 Å². The molecule has 0 aromatic rings. The Hall–Kier alpha value is -0.950. The van der Waals surface area contributed by atoms with Crippen molar-refractivity contribution in [3.63, 3.8) is 0 Å². The van der Waals surface area contributed by atoms with Gasteiger partial charge in [-0.25, -0.2) is 0 Å². The maximum atomic E-state index is 12.8. The molecule has 0 spiro atoms. The van der Waals surface area contributed by atoms with Gasteiger partial charge in [-0.2, -0.15) is 0 Å². The number of rotatable bonds is 2. The van der Waals surface area contributed by atoms with Crippen molar-refractivity contribution in [2.45, 2.75) is 105 Å². The molecule has 5 rings (SSSR count). The number of allylic oxidation sites excluding steroid dienone is 2. The summed E-state index contributed by atoms with van der Waals surface area (Å²) in [6.45, 7) is 12.8. The number of carboxylic acids is 1. The first kappa shape index (κ1) is 26.6. The molecule has 6 nitrogen and oxygen atoms in total. The van der Waals surface area contributed by atoms with Crippen molar-refractivity contribution in [1.29, 1.82) is 0 Å². The lowest BCUT2D eigenvalue weighted by Gasteiger charge is -2.72. The number of hydrogen-bond donors (Lipinski definition) is 5. The second kappa shape index (κ2) is 8.03. The lowest BCUT2D eigenvalue weighted by Crippen LogP contribution is -2.71. The summed E-state index contributed by atoms with van der Waals surface area (Å²) in [5, 5.41) is 54.7. The Morgan fingerprint density at radius 2 is 1.67 bits per heavy atom. The molecule has 4 fully saturated rings. The Morgan fingerprint density at radius 1 is 1.00 bits per heavy atom. The van der Waals surface area contributed by atoms with Gasteiger partial charge in [-0.3, -0.25) is 4.79 Å². The monoisotopic (exact) mass is 504 g/mol. The van der Waals surface area contributed by atoms with Crippen molar-refractivity contribution in [1.82, 2.24) is 0 Å². The predicted molar refractivity (Wildman–Crippen MR) is 137 cm³/mol. The molecule has 0 amide bonds. The third kappa shape index (κ3) is 2.96. The zero-order valence-electron chi connectivity index (χ0n) is 23.0. The van der Waals surface area contributed by atoms with Crippen molar-refractivity contribution < 1.29 is 30.3 Å². The van der Waals surface area contributed by atoms with Crippen LogP contribution in [0.5, 0.6) is 0 Å². The molecule has 5 aliphatic rings. The molecule has 0 aromatic carbocycles. The molecule has 0 aromatic heterocycles. The van der Waals surface area contributed by atoms with Gasteiger partial charge in [0, 0.05) is 11.3 Å². The molecular formula is C30H48O6. The lowest BCUT2D eigenvalue weighted by molar-refractivity contribution is -0.273. The zero-order valence-corrected chi connectivity index (χ0v) is 23.0. The van der Waals surface area contributed by atoms with Gasteiger partial charge in [0.15, 0.2) is 0 Å². The van der Waals surface area contributed by atoms with E-state index in [9.17, 15) is 30.3 Å². The van der Waals surface area contributed by atoms with Gasteiger partial charge in [0.25, 0.3) is 0 Å². The quantitative estimate of drug-likeness (QED) is 0.363. The lowest BCUT2D eigenvalue weighted by atomic mass is 9.32. The predicted octanol–water partition coefficient (Wildman–Crippen LogP) is 4.00. The SMILES string of the molecule is C[C@@H]1[C@H](C)CC[C@@]2(C(=O)O)CC[C@]3(C)C(=CC[C@H]4[C@@]5(C)C[C@@H](O)[C@H](O)[C@](C)(CO)[C@H]5[C@H](O)C[C@]43C)[C@@H]12. The highest BCUT2D eigenvalue weighted by Gasteiger charge is 2.72. The van der Waals surface area contributed by atoms with Crippen molar-refractivity contribution in [3.8, 4) is 0 Å². The molecular weight excluding hydrogens is 456 g/mol. The molecule has 0 aliphatic heterocycles. The highest BCUT2D eigenvalue weighted by Crippen LogP contribution is 2.75. The average Bonchev–Trinajstić information content (AvgIpc) is 2.80. The summed E-state index contributed by atoms with van der Waals surface area (Å²) in [5.41, 5.74) is -1.41. The number of hydrogen-bond acceptors (Lipinski definition) is 5. The van der Waals surface area contributed by atoms with Crippen LogP contribution in [0.2, 0.25) is 0 Å². The van der Waals surface area contributed by atoms with E-state index < -0.39 is 40.5 Å². The molecule has 0 unspecified atom stereocenters. The molecule has 0 saturated heterocycles. The van der Waals surface area contributed by atoms with Crippen LogP contribution in [0.25, 0.3) is 0 Å². The fourth-order valence-electron chi connectivity index (χ4n) is 11.2. The van der Waals surface area contributed by atoms with E-state index >= 15 is 0 Å². The molecule has 0 heterocycles. The number of carbonyl (C=O) groups is 1. The van der Waals surface area contributed by atoms with E-state index in [0.29, 0.717) is 25.2 Å². The van der Waals surface area contributed by atoms with Gasteiger partial charge in [0.2, 0.25) is 0 Å². The Balaban J connectivity index is 1.65. The molecule has 13 atom stereocenters. The minimum absolute atomic E-state index is 0.000534. The second-order valence-corrected chi connectivity index (χ2v) is 14.6. The standard InChI is InChI=1S/C30H48O6/c1-16-9-10-30(25(35)36)12-11-28(5)18(22(30)17(16)2)7-8-21-26(3)13-20(33)24(34)27(4,15-31)23(26)19(32)14-29(21,28)6/h7,16-17,19-24,31-34H,8-15H2,1-6H3,(H,35,36)/t16-,17-,19-,20-,21+,22-,23+,24+,26-,27-,28-,29-,30-/m1/s1. The van der Waals surface area contributed by atoms with Crippen LogP contribution in [0.15, 0.2) is 11.6 Å². The van der Waals surface area contributed by atoms with Crippen molar-refractivity contribution in [2.75, 3.05) is 6.61 Å². The van der Waals surface area contributed by atoms with Crippen LogP contribution in [0.3, 0.4) is 0 Å². The molecule has 4 saturated carbocycles. The molecule has 204 valence electrons. The maximum Gasteiger partial charge on any atom is 0.310 e. The summed E-state index contributed by atoms with van der Waals surface area (Å²) in [4.78, 5) is 12.8. The number of aliphatic hydroxyl groups is 4. The second-order valence-electron chi connectivity index (χ2n) is 14.6. The van der Waals surface area contributed by atoms with E-state index in [4.69, 9.17) is 0 Å². The van der Waals surface area contributed by atoms with E-state index in [1.54, 1.807) is 0 Å². The van der Waals surface area contributed by atoms with Crippen LogP contribution in [0.4, 0.5) is 0 Å². The van der Waals surface area contributed by atoms with E-state index in [1.807, 2.05) is 6.92 Å². The van der Waals surface area contributed by atoms with E-state index in [-0.39, 0.29) is 41.1 Å². The van der Waals surface area contributed by atoms with Gasteiger partial charge >= 0.3 is 5.97 Å². The van der Waals surface area contributed by atoms with Crippen LogP contribution < -0.4 is 0 Å². The van der Waals surface area contributed by atoms with Crippen molar-refractivity contribution >= 4 is 5.97 Å². The highest BCUT2D eigenvalue weighted by atomic mass is 16.4. The van der Waals surface area contributed by atoms with Gasteiger partial charge in [-0.1, -0.05) is 53.2 Å². The summed E-state index contributed by atoms with van der Waals surface area (Å²) in [5.74, 6) is -0.0914. The molecule has 5 aliphatic carbocycles. The van der Waals surface area contributed by atoms with Gasteiger partial charge in [-0.05, 0) is 84.9 Å². The first-order valence-corrected chi connectivity index (χ1v) is 14.2. The summed E-state index contributed by atoms with van der Waals surface area (Å²) in [6, 6.07) is 0. The summed E-state index contributed by atoms with van der Waals surface area (Å²) < 4.78 is 0. The topological polar surface area (TPSA) is 118 Å². The fraction of sp³-hybridized carbons (Fsp3) is 0.900. The number of carboxylic acid groups (broad SMARTS) is 1. The summed E-state index contributed by atoms with van der Waals surface area (Å²) in [7, 11) is 0.